The van der Waals surface area contributed by atoms with Crippen molar-refractivity contribution < 1.29 is 0 Å². The van der Waals surface area contributed by atoms with Crippen LogP contribution in [0.2, 0.25) is 0 Å². The van der Waals surface area contributed by atoms with Crippen molar-refractivity contribution in [2.24, 2.45) is 0 Å². The van der Waals surface area contributed by atoms with Gasteiger partial charge in [0.25, 0.3) is 0 Å². The van der Waals surface area contributed by atoms with Gasteiger partial charge in [0.15, 0.2) is 0 Å². The number of hydrogen-bond donors (Lipinski definition) is 0. The van der Waals surface area contributed by atoms with E-state index in [4.69, 9.17) is 0 Å². The minimum Gasteiger partial charge on any atom is -0.0646 e. The van der Waals surface area contributed by atoms with Gasteiger partial charge in [-0.25, -0.2) is 0 Å². The van der Waals surface area contributed by atoms with Crippen LogP contribution in [-0.2, 0) is 11.8 Å². The Morgan fingerprint density at radius 2 is 1.50 bits per heavy atom. The molecular weight excluding hydrogens is 240 g/mol. The van der Waals surface area contributed by atoms with Gasteiger partial charge in [0.1, 0.15) is 0 Å². The average Bonchev–Trinajstić information content (AvgIpc) is 2.48. The summed E-state index contributed by atoms with van der Waals surface area (Å²) in [5, 5.41) is 0. The summed E-state index contributed by atoms with van der Waals surface area (Å²) < 4.78 is 0. The summed E-state index contributed by atoms with van der Waals surface area (Å²) in [5.74, 6) is 0.566. The van der Waals surface area contributed by atoms with Gasteiger partial charge in [-0.3, -0.25) is 0 Å². The zero-order valence-electron chi connectivity index (χ0n) is 13.2. The van der Waals surface area contributed by atoms with Crippen LogP contribution >= 0.6 is 0 Å². The predicted octanol–water partition coefficient (Wildman–Crippen LogP) is 5.72. The largest absolute Gasteiger partial charge is 0.0646 e. The van der Waals surface area contributed by atoms with E-state index in [9.17, 15) is 0 Å². The maximum Gasteiger partial charge on any atom is -0.0106 e. The summed E-state index contributed by atoms with van der Waals surface area (Å²) in [6, 6.07) is 20.0. The Balaban J connectivity index is 2.10. The molecule has 2 rings (SSSR count). The number of rotatable bonds is 5. The van der Waals surface area contributed by atoms with E-state index in [1.165, 1.54) is 23.1 Å². The van der Waals surface area contributed by atoms with Crippen LogP contribution in [0.25, 0.3) is 0 Å². The maximum absolute atomic E-state index is 2.31. The predicted molar refractivity (Wildman–Crippen MR) is 88.3 cm³/mol. The molecule has 106 valence electrons. The molecule has 0 saturated heterocycles. The lowest BCUT2D eigenvalue weighted by Crippen LogP contribution is -2.15. The lowest BCUT2D eigenvalue weighted by Gasteiger charge is -2.24. The van der Waals surface area contributed by atoms with Gasteiger partial charge < -0.3 is 0 Å². The molecule has 0 spiro atoms. The van der Waals surface area contributed by atoms with E-state index in [1.54, 1.807) is 0 Å². The van der Waals surface area contributed by atoms with E-state index in [-0.39, 0.29) is 5.41 Å². The molecular formula is C20H26. The Labute approximate surface area is 123 Å². The number of hydrogen-bond acceptors (Lipinski definition) is 0. The van der Waals surface area contributed by atoms with Crippen LogP contribution in [0.3, 0.4) is 0 Å². The van der Waals surface area contributed by atoms with Gasteiger partial charge in [0, 0.05) is 0 Å². The van der Waals surface area contributed by atoms with Crippen molar-refractivity contribution in [3.63, 3.8) is 0 Å². The van der Waals surface area contributed by atoms with Crippen molar-refractivity contribution in [1.29, 1.82) is 0 Å². The van der Waals surface area contributed by atoms with Crippen LogP contribution in [0.5, 0.6) is 0 Å². The molecule has 2 aromatic rings. The molecule has 2 aromatic carbocycles. The second kappa shape index (κ2) is 6.26. The fraction of sp³-hybridized carbons (Fsp3) is 0.400. The summed E-state index contributed by atoms with van der Waals surface area (Å²) in [5.41, 5.74) is 4.57. The van der Waals surface area contributed by atoms with Crippen LogP contribution in [0.15, 0.2) is 54.6 Å². The quantitative estimate of drug-likeness (QED) is 0.649. The molecule has 0 aliphatic carbocycles. The number of benzene rings is 2. The topological polar surface area (TPSA) is 0 Å². The van der Waals surface area contributed by atoms with E-state index in [0.717, 1.165) is 6.42 Å². The van der Waals surface area contributed by atoms with Crippen molar-refractivity contribution in [1.82, 2.24) is 0 Å². The van der Waals surface area contributed by atoms with Crippen molar-refractivity contribution in [3.8, 4) is 0 Å². The smallest absolute Gasteiger partial charge is 0.0106 e. The summed E-state index contributed by atoms with van der Waals surface area (Å²) >= 11 is 0. The van der Waals surface area contributed by atoms with Gasteiger partial charge in [0.2, 0.25) is 0 Å². The molecule has 0 bridgehead atoms. The Morgan fingerprint density at radius 1 is 0.900 bits per heavy atom. The highest BCUT2D eigenvalue weighted by atomic mass is 14.2. The van der Waals surface area contributed by atoms with Crippen LogP contribution in [-0.4, -0.2) is 0 Å². The molecule has 0 heteroatoms. The zero-order valence-corrected chi connectivity index (χ0v) is 13.2. The van der Waals surface area contributed by atoms with E-state index in [0.29, 0.717) is 5.92 Å². The SMILES string of the molecule is CCC(C)(C)c1ccc(C(C)Cc2ccccc2)cc1. The van der Waals surface area contributed by atoms with E-state index in [1.807, 2.05) is 0 Å². The Hall–Kier alpha value is -1.56. The average molecular weight is 266 g/mol. The summed E-state index contributed by atoms with van der Waals surface area (Å²) in [7, 11) is 0. The zero-order chi connectivity index (χ0) is 14.6. The summed E-state index contributed by atoms with van der Waals surface area (Å²) in [6.07, 6.45) is 2.28. The molecule has 0 aliphatic heterocycles. The Kier molecular flexibility index (Phi) is 4.65. The first-order chi connectivity index (χ1) is 9.53. The lowest BCUT2D eigenvalue weighted by molar-refractivity contribution is 0.506. The van der Waals surface area contributed by atoms with Gasteiger partial charge in [-0.2, -0.15) is 0 Å². The van der Waals surface area contributed by atoms with Crippen molar-refractivity contribution >= 4 is 0 Å². The van der Waals surface area contributed by atoms with Gasteiger partial charge in [-0.1, -0.05) is 82.3 Å². The van der Waals surface area contributed by atoms with Gasteiger partial charge in [0.05, 0.1) is 0 Å². The molecule has 0 radical (unpaired) electrons. The normalized spacial score (nSPS) is 13.2. The van der Waals surface area contributed by atoms with Crippen molar-refractivity contribution in [3.05, 3.63) is 71.3 Å². The fourth-order valence-corrected chi connectivity index (χ4v) is 2.55. The Morgan fingerprint density at radius 3 is 2.05 bits per heavy atom. The third-order valence-corrected chi connectivity index (χ3v) is 4.53. The first kappa shape index (κ1) is 14.8. The minimum atomic E-state index is 0.279. The molecule has 0 nitrogen and oxygen atoms in total. The molecule has 0 aliphatic rings. The third kappa shape index (κ3) is 3.50. The molecule has 0 amide bonds. The molecule has 0 fully saturated rings. The van der Waals surface area contributed by atoms with Crippen LogP contribution in [0.4, 0.5) is 0 Å². The molecule has 0 heterocycles. The minimum absolute atomic E-state index is 0.279. The highest BCUT2D eigenvalue weighted by Crippen LogP contribution is 2.28. The summed E-state index contributed by atoms with van der Waals surface area (Å²) in [4.78, 5) is 0. The summed E-state index contributed by atoms with van der Waals surface area (Å²) in [6.45, 7) is 9.20. The second-order valence-corrected chi connectivity index (χ2v) is 6.45. The van der Waals surface area contributed by atoms with Crippen LogP contribution in [0, 0.1) is 0 Å². The van der Waals surface area contributed by atoms with Crippen molar-refractivity contribution in [2.45, 2.75) is 51.9 Å². The van der Waals surface area contributed by atoms with Crippen LogP contribution in [0.1, 0.15) is 56.7 Å². The van der Waals surface area contributed by atoms with E-state index >= 15 is 0 Å². The molecule has 0 saturated carbocycles. The van der Waals surface area contributed by atoms with Gasteiger partial charge >= 0.3 is 0 Å². The molecule has 1 atom stereocenters. The first-order valence-corrected chi connectivity index (χ1v) is 7.67. The fourth-order valence-electron chi connectivity index (χ4n) is 2.55. The van der Waals surface area contributed by atoms with E-state index in [2.05, 4.69) is 82.3 Å². The Bertz CT molecular complexity index is 520. The monoisotopic (exact) mass is 266 g/mol. The van der Waals surface area contributed by atoms with Gasteiger partial charge in [-0.05, 0) is 40.9 Å². The highest BCUT2D eigenvalue weighted by molar-refractivity contribution is 5.31. The molecule has 20 heavy (non-hydrogen) atoms. The second-order valence-electron chi connectivity index (χ2n) is 6.45. The van der Waals surface area contributed by atoms with Crippen molar-refractivity contribution in [2.75, 3.05) is 0 Å². The highest BCUT2D eigenvalue weighted by Gasteiger charge is 2.18. The standard InChI is InChI=1S/C20H26/c1-5-20(3,4)19-13-11-18(12-14-19)16(2)15-17-9-7-6-8-10-17/h6-14,16H,5,15H2,1-4H3. The molecule has 1 unspecified atom stereocenters. The van der Waals surface area contributed by atoms with Crippen LogP contribution < -0.4 is 0 Å². The maximum atomic E-state index is 2.31. The molecule has 0 aromatic heterocycles. The van der Waals surface area contributed by atoms with Gasteiger partial charge in [-0.15, -0.1) is 0 Å². The molecule has 0 N–H and O–H groups in total. The van der Waals surface area contributed by atoms with E-state index < -0.39 is 0 Å². The first-order valence-electron chi connectivity index (χ1n) is 7.67. The third-order valence-electron chi connectivity index (χ3n) is 4.53. The lowest BCUT2D eigenvalue weighted by atomic mass is 9.81.